The molecule has 1 amide bonds. The molecule has 0 saturated carbocycles. The third kappa shape index (κ3) is 3.84. The predicted octanol–water partition coefficient (Wildman–Crippen LogP) is 4.69. The van der Waals surface area contributed by atoms with Crippen LogP contribution in [0.3, 0.4) is 0 Å². The van der Waals surface area contributed by atoms with Crippen LogP contribution >= 0.6 is 23.1 Å². The summed E-state index contributed by atoms with van der Waals surface area (Å²) in [6.45, 7) is 2.13. The number of carbonyl (C=O) groups excluding carboxylic acids is 1. The highest BCUT2D eigenvalue weighted by atomic mass is 32.2. The molecule has 4 rings (SSSR count). The maximum atomic E-state index is 12.5. The van der Waals surface area contributed by atoms with Crippen molar-refractivity contribution < 1.29 is 4.79 Å². The predicted molar refractivity (Wildman–Crippen MR) is 111 cm³/mol. The van der Waals surface area contributed by atoms with Crippen LogP contribution in [0.5, 0.6) is 0 Å². The second-order valence-corrected chi connectivity index (χ2v) is 8.23. The summed E-state index contributed by atoms with van der Waals surface area (Å²) >= 11 is 3.03. The number of aromatic nitrogens is 3. The molecule has 138 valence electrons. The summed E-state index contributed by atoms with van der Waals surface area (Å²) in [6, 6.07) is 18.3. The van der Waals surface area contributed by atoms with Gasteiger partial charge in [0.1, 0.15) is 0 Å². The molecule has 2 aromatic carbocycles. The molecule has 0 fully saturated rings. The van der Waals surface area contributed by atoms with E-state index in [1.165, 1.54) is 16.5 Å². The molecule has 1 atom stereocenters. The van der Waals surface area contributed by atoms with E-state index >= 15 is 0 Å². The van der Waals surface area contributed by atoms with E-state index in [-0.39, 0.29) is 11.9 Å². The quantitative estimate of drug-likeness (QED) is 0.460. The summed E-state index contributed by atoms with van der Waals surface area (Å²) < 4.78 is 3.19. The van der Waals surface area contributed by atoms with Gasteiger partial charge in [0.2, 0.25) is 10.9 Å². The van der Waals surface area contributed by atoms with Crippen LogP contribution in [-0.2, 0) is 4.79 Å². The number of thioether (sulfide) groups is 1. The lowest BCUT2D eigenvalue weighted by molar-refractivity contribution is -0.119. The second kappa shape index (κ2) is 8.10. The van der Waals surface area contributed by atoms with Crippen molar-refractivity contribution in [3.63, 3.8) is 0 Å². The monoisotopic (exact) mass is 396 g/mol. The molecule has 0 spiro atoms. The lowest BCUT2D eigenvalue weighted by Gasteiger charge is -2.18. The van der Waals surface area contributed by atoms with Gasteiger partial charge in [0, 0.05) is 0 Å². The second-order valence-electron chi connectivity index (χ2n) is 6.28. The van der Waals surface area contributed by atoms with Gasteiger partial charge in [-0.2, -0.15) is 0 Å². The van der Waals surface area contributed by atoms with Gasteiger partial charge in [-0.1, -0.05) is 78.9 Å². The minimum Gasteiger partial charge on any atom is -0.349 e. The molecule has 0 aliphatic carbocycles. The number of amides is 1. The maximum absolute atomic E-state index is 12.5. The Kier molecular flexibility index (Phi) is 5.40. The van der Waals surface area contributed by atoms with E-state index in [2.05, 4.69) is 46.7 Å². The third-order valence-electron chi connectivity index (χ3n) is 4.36. The van der Waals surface area contributed by atoms with Gasteiger partial charge in [0.05, 0.1) is 22.0 Å². The summed E-state index contributed by atoms with van der Waals surface area (Å²) in [5, 5.41) is 12.4. The fourth-order valence-corrected chi connectivity index (χ4v) is 4.89. The van der Waals surface area contributed by atoms with E-state index in [1.54, 1.807) is 11.3 Å². The number of benzene rings is 2. The summed E-state index contributed by atoms with van der Waals surface area (Å²) in [7, 11) is 0. The Labute approximate surface area is 165 Å². The smallest absolute Gasteiger partial charge is 0.230 e. The highest BCUT2D eigenvalue weighted by molar-refractivity contribution is 7.99. The zero-order chi connectivity index (χ0) is 18.6. The molecule has 0 saturated heterocycles. The van der Waals surface area contributed by atoms with Gasteiger partial charge in [-0.25, -0.2) is 0 Å². The number of hydrogen-bond acceptors (Lipinski definition) is 5. The number of para-hydroxylation sites is 1. The zero-order valence-electron chi connectivity index (χ0n) is 15.0. The third-order valence-corrected chi connectivity index (χ3v) is 6.30. The molecule has 2 heterocycles. The SMILES string of the molecule is CCCC(NC(=O)CSc1nnc2sc3ccccc3n12)c1ccccc1. The van der Waals surface area contributed by atoms with E-state index in [0.29, 0.717) is 5.75 Å². The van der Waals surface area contributed by atoms with Crippen molar-refractivity contribution in [2.45, 2.75) is 31.0 Å². The average molecular weight is 397 g/mol. The lowest BCUT2D eigenvalue weighted by atomic mass is 10.0. The number of carbonyl (C=O) groups is 1. The number of fused-ring (bicyclic) bond motifs is 3. The molecule has 1 N–H and O–H groups in total. The number of rotatable bonds is 7. The first-order chi connectivity index (χ1) is 13.3. The Hall–Kier alpha value is -2.38. The van der Waals surface area contributed by atoms with Gasteiger partial charge >= 0.3 is 0 Å². The summed E-state index contributed by atoms with van der Waals surface area (Å²) in [5.74, 6) is 0.330. The van der Waals surface area contributed by atoms with Crippen LogP contribution in [0.2, 0.25) is 0 Å². The first-order valence-corrected chi connectivity index (χ1v) is 10.8. The fraction of sp³-hybridized carbons (Fsp3) is 0.250. The molecule has 27 heavy (non-hydrogen) atoms. The Morgan fingerprint density at radius 3 is 2.74 bits per heavy atom. The lowest BCUT2D eigenvalue weighted by Crippen LogP contribution is -2.30. The molecule has 0 aliphatic heterocycles. The minimum atomic E-state index is 0.0126. The van der Waals surface area contributed by atoms with E-state index in [9.17, 15) is 4.79 Å². The van der Waals surface area contributed by atoms with E-state index < -0.39 is 0 Å². The fourth-order valence-electron chi connectivity index (χ4n) is 3.11. The topological polar surface area (TPSA) is 59.3 Å². The summed E-state index contributed by atoms with van der Waals surface area (Å²) in [4.78, 5) is 13.4. The number of hydrogen-bond donors (Lipinski definition) is 1. The van der Waals surface area contributed by atoms with Gasteiger partial charge in [-0.3, -0.25) is 9.20 Å². The number of nitrogens with one attached hydrogen (secondary N) is 1. The van der Waals surface area contributed by atoms with Crippen molar-refractivity contribution in [1.82, 2.24) is 19.9 Å². The first kappa shape index (κ1) is 18.0. The van der Waals surface area contributed by atoms with E-state index in [4.69, 9.17) is 0 Å². The molecule has 1 unspecified atom stereocenters. The van der Waals surface area contributed by atoms with Gasteiger partial charge in [-0.15, -0.1) is 10.2 Å². The van der Waals surface area contributed by atoms with Gasteiger partial charge in [0.15, 0.2) is 5.16 Å². The molecule has 7 heteroatoms. The molecule has 0 aliphatic rings. The maximum Gasteiger partial charge on any atom is 0.230 e. The first-order valence-electron chi connectivity index (χ1n) is 8.96. The molecular formula is C20H20N4OS2. The van der Waals surface area contributed by atoms with E-state index in [0.717, 1.165) is 34.0 Å². The van der Waals surface area contributed by atoms with Crippen LogP contribution in [0.4, 0.5) is 0 Å². The van der Waals surface area contributed by atoms with E-state index in [1.807, 2.05) is 34.7 Å². The van der Waals surface area contributed by atoms with Crippen molar-refractivity contribution in [2.24, 2.45) is 0 Å². The van der Waals surface area contributed by atoms with Crippen molar-refractivity contribution in [2.75, 3.05) is 5.75 Å². The number of nitrogens with zero attached hydrogens (tertiary/aromatic N) is 3. The van der Waals surface area contributed by atoms with Crippen molar-refractivity contribution >= 4 is 44.2 Å². The molecule has 0 bridgehead atoms. The average Bonchev–Trinajstić information content (AvgIpc) is 3.26. The summed E-state index contributed by atoms with van der Waals surface area (Å²) in [5.41, 5.74) is 2.23. The standard InChI is InChI=1S/C20H20N4OS2/c1-2-8-15(14-9-4-3-5-10-14)21-18(25)13-26-19-22-23-20-24(19)16-11-6-7-12-17(16)27-20/h3-7,9-12,15H,2,8,13H2,1H3,(H,21,25). The molecular weight excluding hydrogens is 376 g/mol. The minimum absolute atomic E-state index is 0.0126. The van der Waals surface area contributed by atoms with Gasteiger partial charge in [-0.05, 0) is 24.1 Å². The Balaban J connectivity index is 1.46. The Bertz CT molecular complexity index is 1060. The Morgan fingerprint density at radius 2 is 1.93 bits per heavy atom. The zero-order valence-corrected chi connectivity index (χ0v) is 16.6. The largest absolute Gasteiger partial charge is 0.349 e. The molecule has 2 aromatic heterocycles. The molecule has 0 radical (unpaired) electrons. The molecule has 5 nitrogen and oxygen atoms in total. The highest BCUT2D eigenvalue weighted by Gasteiger charge is 2.16. The van der Waals surface area contributed by atoms with Gasteiger partial charge < -0.3 is 5.32 Å². The van der Waals surface area contributed by atoms with Crippen LogP contribution in [0, 0.1) is 0 Å². The van der Waals surface area contributed by atoms with Crippen LogP contribution in [0.1, 0.15) is 31.4 Å². The van der Waals surface area contributed by atoms with Crippen LogP contribution in [0.25, 0.3) is 15.2 Å². The van der Waals surface area contributed by atoms with Crippen molar-refractivity contribution in [3.8, 4) is 0 Å². The molecule has 4 aromatic rings. The Morgan fingerprint density at radius 1 is 1.15 bits per heavy atom. The summed E-state index contributed by atoms with van der Waals surface area (Å²) in [6.07, 6.45) is 1.93. The van der Waals surface area contributed by atoms with Crippen LogP contribution < -0.4 is 5.32 Å². The van der Waals surface area contributed by atoms with Gasteiger partial charge in [0.25, 0.3) is 0 Å². The normalized spacial score (nSPS) is 12.5. The van der Waals surface area contributed by atoms with Crippen molar-refractivity contribution in [1.29, 1.82) is 0 Å². The van der Waals surface area contributed by atoms with Crippen molar-refractivity contribution in [3.05, 3.63) is 60.2 Å². The van der Waals surface area contributed by atoms with Crippen LogP contribution in [0.15, 0.2) is 59.8 Å². The highest BCUT2D eigenvalue weighted by Crippen LogP contribution is 2.29. The van der Waals surface area contributed by atoms with Crippen LogP contribution in [-0.4, -0.2) is 26.3 Å². The number of thiazole rings is 1.